The lowest BCUT2D eigenvalue weighted by Gasteiger charge is -2.28. The maximum Gasteiger partial charge on any atom is 0.345 e. The molecule has 0 unspecified atom stereocenters. The molecule has 0 bridgehead atoms. The highest BCUT2D eigenvalue weighted by Gasteiger charge is 2.12. The fraction of sp³-hybridized carbons (Fsp3) is 0.167. The normalized spacial score (nSPS) is 14.3. The minimum absolute atomic E-state index is 0.334. The summed E-state index contributed by atoms with van der Waals surface area (Å²) in [6, 6.07) is 24.5. The first kappa shape index (κ1) is 17.6. The van der Waals surface area contributed by atoms with Crippen molar-refractivity contribution < 1.29 is 4.74 Å². The van der Waals surface area contributed by atoms with E-state index in [-0.39, 0.29) is 5.69 Å². The van der Waals surface area contributed by atoms with Crippen molar-refractivity contribution in [2.24, 2.45) is 0 Å². The molecule has 5 heteroatoms. The van der Waals surface area contributed by atoms with E-state index in [1.54, 1.807) is 0 Å². The van der Waals surface area contributed by atoms with E-state index in [1.807, 2.05) is 42.5 Å². The summed E-state index contributed by atoms with van der Waals surface area (Å²) in [7, 11) is 0. The molecule has 4 aromatic rings. The van der Waals surface area contributed by atoms with Gasteiger partial charge in [-0.15, -0.1) is 0 Å². The van der Waals surface area contributed by atoms with Crippen LogP contribution in [0.3, 0.4) is 0 Å². The summed E-state index contributed by atoms with van der Waals surface area (Å²) in [5, 5.41) is 0.936. The summed E-state index contributed by atoms with van der Waals surface area (Å²) in [5.41, 5.74) is 5.54. The van der Waals surface area contributed by atoms with Gasteiger partial charge < -0.3 is 14.6 Å². The number of anilines is 1. The number of H-pyrrole nitrogens is 1. The van der Waals surface area contributed by atoms with Gasteiger partial charge in [-0.3, -0.25) is 0 Å². The first-order valence-electron chi connectivity index (χ1n) is 9.80. The van der Waals surface area contributed by atoms with Crippen LogP contribution in [-0.4, -0.2) is 36.3 Å². The van der Waals surface area contributed by atoms with Crippen LogP contribution in [-0.2, 0) is 4.74 Å². The van der Waals surface area contributed by atoms with Gasteiger partial charge >= 0.3 is 5.69 Å². The van der Waals surface area contributed by atoms with Gasteiger partial charge in [0.1, 0.15) is 0 Å². The molecule has 0 radical (unpaired) electrons. The Morgan fingerprint density at radius 1 is 0.828 bits per heavy atom. The number of hydrogen-bond donors (Lipinski definition) is 1. The molecule has 144 valence electrons. The molecule has 1 N–H and O–H groups in total. The molecule has 0 amide bonds. The van der Waals surface area contributed by atoms with Gasteiger partial charge in [-0.25, -0.2) is 4.79 Å². The molecule has 1 saturated heterocycles. The number of aromatic nitrogens is 2. The van der Waals surface area contributed by atoms with Gasteiger partial charge in [0.05, 0.1) is 24.4 Å². The summed E-state index contributed by atoms with van der Waals surface area (Å²) >= 11 is 0. The molecule has 0 spiro atoms. The van der Waals surface area contributed by atoms with Crippen LogP contribution in [0.1, 0.15) is 0 Å². The van der Waals surface area contributed by atoms with Crippen molar-refractivity contribution in [3.8, 4) is 22.4 Å². The van der Waals surface area contributed by atoms with Crippen molar-refractivity contribution >= 4 is 16.6 Å². The van der Waals surface area contributed by atoms with Crippen LogP contribution < -0.4 is 10.6 Å². The van der Waals surface area contributed by atoms with Gasteiger partial charge in [-0.05, 0) is 35.4 Å². The summed E-state index contributed by atoms with van der Waals surface area (Å²) in [4.78, 5) is 21.5. The monoisotopic (exact) mass is 383 g/mol. The number of aromatic amines is 1. The number of rotatable bonds is 3. The molecule has 1 fully saturated rings. The molecular formula is C24H21N3O2. The molecule has 5 nitrogen and oxygen atoms in total. The average Bonchev–Trinajstić information content (AvgIpc) is 2.79. The standard InChI is InChI=1S/C24H21N3O2/c28-24-25-22-11-8-19(16-21(22)23(26-24)18-4-2-1-3-5-18)17-6-9-20(10-7-17)27-12-14-29-15-13-27/h1-11,16H,12-15H2,(H,25,26,28). The van der Waals surface area contributed by atoms with E-state index >= 15 is 0 Å². The van der Waals surface area contributed by atoms with Gasteiger partial charge in [-0.2, -0.15) is 4.98 Å². The Hall–Kier alpha value is -3.44. The van der Waals surface area contributed by atoms with Crippen LogP contribution in [0.15, 0.2) is 77.6 Å². The predicted octanol–water partition coefficient (Wildman–Crippen LogP) is 4.09. The molecule has 0 atom stereocenters. The van der Waals surface area contributed by atoms with E-state index in [0.717, 1.165) is 53.9 Å². The topological polar surface area (TPSA) is 58.2 Å². The fourth-order valence-electron chi connectivity index (χ4n) is 3.84. The number of nitrogens with one attached hydrogen (secondary N) is 1. The van der Waals surface area contributed by atoms with Crippen LogP contribution in [0.2, 0.25) is 0 Å². The lowest BCUT2D eigenvalue weighted by atomic mass is 10.00. The smallest absolute Gasteiger partial charge is 0.345 e. The summed E-state index contributed by atoms with van der Waals surface area (Å²) < 4.78 is 5.44. The van der Waals surface area contributed by atoms with Crippen LogP contribution in [0.25, 0.3) is 33.3 Å². The molecule has 1 aliphatic heterocycles. The van der Waals surface area contributed by atoms with Crippen molar-refractivity contribution in [2.45, 2.75) is 0 Å². The molecule has 2 heterocycles. The molecule has 3 aromatic carbocycles. The van der Waals surface area contributed by atoms with Gasteiger partial charge in [0, 0.05) is 29.7 Å². The Bertz CT molecular complexity index is 1190. The van der Waals surface area contributed by atoms with Crippen molar-refractivity contribution in [3.05, 3.63) is 83.3 Å². The Morgan fingerprint density at radius 2 is 1.55 bits per heavy atom. The van der Waals surface area contributed by atoms with Gasteiger partial charge in [0.2, 0.25) is 0 Å². The maximum absolute atomic E-state index is 12.0. The van der Waals surface area contributed by atoms with Crippen molar-refractivity contribution in [1.82, 2.24) is 9.97 Å². The summed E-state index contributed by atoms with van der Waals surface area (Å²) in [6.07, 6.45) is 0. The van der Waals surface area contributed by atoms with Gasteiger partial charge in [0.15, 0.2) is 0 Å². The van der Waals surface area contributed by atoms with Crippen LogP contribution >= 0.6 is 0 Å². The Kier molecular flexibility index (Phi) is 4.58. The maximum atomic E-state index is 12.0. The third-order valence-corrected chi connectivity index (χ3v) is 5.35. The number of nitrogens with zero attached hydrogens (tertiary/aromatic N) is 2. The zero-order valence-electron chi connectivity index (χ0n) is 16.0. The lowest BCUT2D eigenvalue weighted by molar-refractivity contribution is 0.122. The third kappa shape index (κ3) is 3.52. The third-order valence-electron chi connectivity index (χ3n) is 5.35. The molecule has 29 heavy (non-hydrogen) atoms. The zero-order chi connectivity index (χ0) is 19.6. The van der Waals surface area contributed by atoms with E-state index in [2.05, 4.69) is 45.2 Å². The Balaban J connectivity index is 1.56. The SMILES string of the molecule is O=c1nc(-c2ccccc2)c2cc(-c3ccc(N4CCOCC4)cc3)ccc2[nH]1. The molecule has 5 rings (SSSR count). The van der Waals surface area contributed by atoms with Gasteiger partial charge in [0.25, 0.3) is 0 Å². The van der Waals surface area contributed by atoms with E-state index < -0.39 is 0 Å². The first-order chi connectivity index (χ1) is 14.3. The van der Waals surface area contributed by atoms with E-state index in [9.17, 15) is 4.79 Å². The van der Waals surface area contributed by atoms with Crippen molar-refractivity contribution in [3.63, 3.8) is 0 Å². The van der Waals surface area contributed by atoms with Crippen molar-refractivity contribution in [2.75, 3.05) is 31.2 Å². The minimum atomic E-state index is -0.334. The lowest BCUT2D eigenvalue weighted by Crippen LogP contribution is -2.36. The number of hydrogen-bond acceptors (Lipinski definition) is 4. The number of benzene rings is 3. The second kappa shape index (κ2) is 7.53. The average molecular weight is 383 g/mol. The van der Waals surface area contributed by atoms with Crippen LogP contribution in [0, 0.1) is 0 Å². The highest BCUT2D eigenvalue weighted by Crippen LogP contribution is 2.30. The molecular weight excluding hydrogens is 362 g/mol. The highest BCUT2D eigenvalue weighted by atomic mass is 16.5. The number of morpholine rings is 1. The Morgan fingerprint density at radius 3 is 2.31 bits per heavy atom. The van der Waals surface area contributed by atoms with Crippen LogP contribution in [0.5, 0.6) is 0 Å². The molecule has 1 aliphatic rings. The Labute approximate surface area is 168 Å². The van der Waals surface area contributed by atoms with E-state index in [1.165, 1.54) is 5.69 Å². The summed E-state index contributed by atoms with van der Waals surface area (Å²) in [6.45, 7) is 3.41. The van der Waals surface area contributed by atoms with E-state index in [0.29, 0.717) is 5.69 Å². The zero-order valence-corrected chi connectivity index (χ0v) is 16.0. The predicted molar refractivity (Wildman–Crippen MR) is 116 cm³/mol. The second-order valence-corrected chi connectivity index (χ2v) is 7.16. The fourth-order valence-corrected chi connectivity index (χ4v) is 3.84. The van der Waals surface area contributed by atoms with Crippen molar-refractivity contribution in [1.29, 1.82) is 0 Å². The largest absolute Gasteiger partial charge is 0.378 e. The van der Waals surface area contributed by atoms with E-state index in [4.69, 9.17) is 4.74 Å². The number of fused-ring (bicyclic) bond motifs is 1. The minimum Gasteiger partial charge on any atom is -0.378 e. The van der Waals surface area contributed by atoms with Crippen LogP contribution in [0.4, 0.5) is 5.69 Å². The molecule has 0 aliphatic carbocycles. The second-order valence-electron chi connectivity index (χ2n) is 7.16. The number of ether oxygens (including phenoxy) is 1. The highest BCUT2D eigenvalue weighted by molar-refractivity contribution is 5.95. The molecule has 1 aromatic heterocycles. The molecule has 0 saturated carbocycles. The first-order valence-corrected chi connectivity index (χ1v) is 9.80. The van der Waals surface area contributed by atoms with Gasteiger partial charge in [-0.1, -0.05) is 48.5 Å². The quantitative estimate of drug-likeness (QED) is 0.579. The summed E-state index contributed by atoms with van der Waals surface area (Å²) in [5.74, 6) is 0.